The molecule has 9 heavy (non-hydrogen) atoms. The van der Waals surface area contributed by atoms with E-state index >= 15 is 0 Å². The molecule has 0 saturated carbocycles. The molecule has 47 valence electrons. The summed E-state index contributed by atoms with van der Waals surface area (Å²) in [6, 6.07) is 0. The number of nitrogens with zero attached hydrogens (tertiary/aromatic N) is 2. The number of hydrogen-bond donors (Lipinski definition) is 2. The maximum atomic E-state index is 5.35. The Morgan fingerprint density at radius 2 is 2.44 bits per heavy atom. The number of nitrogen functional groups attached to an aromatic ring is 1. The molecule has 0 aromatic carbocycles. The van der Waals surface area contributed by atoms with E-state index in [0.717, 1.165) is 0 Å². The summed E-state index contributed by atoms with van der Waals surface area (Å²) in [5, 5.41) is 0. The van der Waals surface area contributed by atoms with Crippen molar-refractivity contribution in [2.45, 2.75) is 6.54 Å². The highest BCUT2D eigenvalue weighted by Crippen LogP contribution is 1.98. The first-order valence-corrected chi connectivity index (χ1v) is 2.52. The first-order valence-electron chi connectivity index (χ1n) is 2.52. The van der Waals surface area contributed by atoms with Crippen molar-refractivity contribution in [2.75, 3.05) is 5.73 Å². The highest BCUT2D eigenvalue weighted by molar-refractivity contribution is 5.32. The predicted molar refractivity (Wildman–Crippen MR) is 33.2 cm³/mol. The number of rotatable bonds is 1. The van der Waals surface area contributed by atoms with Crippen molar-refractivity contribution in [2.24, 2.45) is 5.73 Å². The Morgan fingerprint density at radius 3 is 2.89 bits per heavy atom. The van der Waals surface area contributed by atoms with E-state index in [1.54, 1.807) is 0 Å². The minimum absolute atomic E-state index is 0.327. The monoisotopic (exact) mass is 123 g/mol. The largest absolute Gasteiger partial charge is 0.382 e. The molecule has 1 heterocycles. The molecule has 0 aliphatic rings. The Morgan fingerprint density at radius 1 is 1.67 bits per heavy atom. The van der Waals surface area contributed by atoms with Gasteiger partial charge in [-0.1, -0.05) is 0 Å². The van der Waals surface area contributed by atoms with Gasteiger partial charge in [0.25, 0.3) is 0 Å². The fourth-order valence-corrected chi connectivity index (χ4v) is 0.493. The Hall–Kier alpha value is -1.16. The molecular formula is C5H7N4. The summed E-state index contributed by atoms with van der Waals surface area (Å²) in [6.45, 7) is 0.327. The molecule has 0 spiro atoms. The second-order valence-electron chi connectivity index (χ2n) is 1.54. The first kappa shape index (κ1) is 5.97. The van der Waals surface area contributed by atoms with Crippen molar-refractivity contribution in [1.29, 1.82) is 0 Å². The standard InChI is InChI=1S/C5H7N4/c6-3-4-5(7)9-2-1-8-4/h1H,3,6H2,(H2,7,9). The van der Waals surface area contributed by atoms with E-state index in [2.05, 4.69) is 16.2 Å². The molecule has 0 unspecified atom stereocenters. The molecule has 1 rings (SSSR count). The zero-order chi connectivity index (χ0) is 6.69. The lowest BCUT2D eigenvalue weighted by molar-refractivity contribution is 0.969. The first-order chi connectivity index (χ1) is 4.34. The third kappa shape index (κ3) is 1.14. The molecular weight excluding hydrogens is 116 g/mol. The Bertz CT molecular complexity index is 198. The van der Waals surface area contributed by atoms with Gasteiger partial charge in [0, 0.05) is 6.54 Å². The third-order valence-electron chi connectivity index (χ3n) is 0.952. The Balaban J connectivity index is 3.01. The van der Waals surface area contributed by atoms with Crippen molar-refractivity contribution in [3.63, 3.8) is 0 Å². The summed E-state index contributed by atoms with van der Waals surface area (Å²) >= 11 is 0. The Labute approximate surface area is 52.9 Å². The minimum atomic E-state index is 0.327. The highest BCUT2D eigenvalue weighted by Gasteiger charge is 1.94. The van der Waals surface area contributed by atoms with Gasteiger partial charge in [-0.2, -0.15) is 0 Å². The molecule has 1 aromatic heterocycles. The number of hydrogen-bond acceptors (Lipinski definition) is 4. The molecule has 0 fully saturated rings. The highest BCUT2D eigenvalue weighted by atomic mass is 14.9. The van der Waals surface area contributed by atoms with Crippen molar-refractivity contribution in [3.8, 4) is 0 Å². The van der Waals surface area contributed by atoms with Crippen LogP contribution in [0.15, 0.2) is 6.20 Å². The van der Waals surface area contributed by atoms with Crippen LogP contribution in [0.5, 0.6) is 0 Å². The van der Waals surface area contributed by atoms with Crippen LogP contribution in [0, 0.1) is 6.20 Å². The lowest BCUT2D eigenvalue weighted by atomic mass is 10.4. The van der Waals surface area contributed by atoms with Crippen LogP contribution in [0.1, 0.15) is 5.69 Å². The molecule has 0 aliphatic carbocycles. The van der Waals surface area contributed by atoms with E-state index in [1.165, 1.54) is 6.20 Å². The Kier molecular flexibility index (Phi) is 1.60. The van der Waals surface area contributed by atoms with Gasteiger partial charge in [0.2, 0.25) is 0 Å². The van der Waals surface area contributed by atoms with Crippen LogP contribution in [0.2, 0.25) is 0 Å². The van der Waals surface area contributed by atoms with E-state index in [9.17, 15) is 0 Å². The maximum Gasteiger partial charge on any atom is 0.147 e. The molecule has 0 amide bonds. The van der Waals surface area contributed by atoms with E-state index in [-0.39, 0.29) is 0 Å². The summed E-state index contributed by atoms with van der Waals surface area (Å²) in [7, 11) is 0. The smallest absolute Gasteiger partial charge is 0.147 e. The number of nitrogens with two attached hydrogens (primary N) is 2. The summed E-state index contributed by atoms with van der Waals surface area (Å²) < 4.78 is 0. The lowest BCUT2D eigenvalue weighted by Gasteiger charge is -1.95. The van der Waals surface area contributed by atoms with Crippen LogP contribution in [0.4, 0.5) is 5.82 Å². The quantitative estimate of drug-likeness (QED) is 0.518. The molecule has 0 bridgehead atoms. The van der Waals surface area contributed by atoms with Crippen molar-refractivity contribution < 1.29 is 0 Å². The zero-order valence-corrected chi connectivity index (χ0v) is 4.83. The van der Waals surface area contributed by atoms with Gasteiger partial charge in [-0.25, -0.2) is 4.98 Å². The maximum absolute atomic E-state index is 5.35. The van der Waals surface area contributed by atoms with E-state index in [4.69, 9.17) is 11.5 Å². The van der Waals surface area contributed by atoms with E-state index < -0.39 is 0 Å². The number of aromatic nitrogens is 2. The van der Waals surface area contributed by atoms with E-state index in [0.29, 0.717) is 18.1 Å². The van der Waals surface area contributed by atoms with Crippen LogP contribution in [-0.4, -0.2) is 9.97 Å². The van der Waals surface area contributed by atoms with Crippen LogP contribution < -0.4 is 11.5 Å². The molecule has 0 aliphatic heterocycles. The summed E-state index contributed by atoms with van der Waals surface area (Å²) in [4.78, 5) is 7.49. The fraction of sp³-hybridized carbons (Fsp3) is 0.200. The third-order valence-corrected chi connectivity index (χ3v) is 0.952. The molecule has 4 N–H and O–H groups in total. The predicted octanol–water partition coefficient (Wildman–Crippen LogP) is -0.682. The molecule has 1 radical (unpaired) electrons. The van der Waals surface area contributed by atoms with Crippen molar-refractivity contribution in [3.05, 3.63) is 18.1 Å². The molecule has 0 saturated heterocycles. The van der Waals surface area contributed by atoms with Gasteiger partial charge in [-0.15, -0.1) is 0 Å². The topological polar surface area (TPSA) is 77.8 Å². The summed E-state index contributed by atoms with van der Waals surface area (Å²) in [6.07, 6.45) is 3.94. The number of anilines is 1. The van der Waals surface area contributed by atoms with Crippen molar-refractivity contribution >= 4 is 5.82 Å². The minimum Gasteiger partial charge on any atom is -0.382 e. The van der Waals surface area contributed by atoms with Gasteiger partial charge in [0.15, 0.2) is 0 Å². The SMILES string of the molecule is NCc1nc[c]nc1N. The lowest BCUT2D eigenvalue weighted by Crippen LogP contribution is -2.05. The van der Waals surface area contributed by atoms with Crippen molar-refractivity contribution in [1.82, 2.24) is 9.97 Å². The average molecular weight is 123 g/mol. The summed E-state index contributed by atoms with van der Waals surface area (Å²) in [5.41, 5.74) is 11.2. The molecule has 4 heteroatoms. The van der Waals surface area contributed by atoms with Crippen LogP contribution in [0.3, 0.4) is 0 Å². The second-order valence-corrected chi connectivity index (χ2v) is 1.54. The van der Waals surface area contributed by atoms with Gasteiger partial charge in [-0.05, 0) is 0 Å². The second kappa shape index (κ2) is 2.41. The summed E-state index contributed by atoms with van der Waals surface area (Å²) in [5.74, 6) is 0.361. The van der Waals surface area contributed by atoms with Gasteiger partial charge in [0.1, 0.15) is 12.0 Å². The van der Waals surface area contributed by atoms with Crippen LogP contribution in [-0.2, 0) is 6.54 Å². The van der Waals surface area contributed by atoms with Gasteiger partial charge >= 0.3 is 0 Å². The molecule has 1 aromatic rings. The molecule has 0 atom stereocenters. The molecule has 4 nitrogen and oxygen atoms in total. The van der Waals surface area contributed by atoms with Gasteiger partial charge < -0.3 is 11.5 Å². The average Bonchev–Trinajstić information content (AvgIpc) is 1.89. The zero-order valence-electron chi connectivity index (χ0n) is 4.83. The van der Waals surface area contributed by atoms with Crippen LogP contribution >= 0.6 is 0 Å². The van der Waals surface area contributed by atoms with Gasteiger partial charge in [-0.3, -0.25) is 4.98 Å². The normalized spacial score (nSPS) is 9.44. The van der Waals surface area contributed by atoms with Crippen LogP contribution in [0.25, 0.3) is 0 Å². The fourth-order valence-electron chi connectivity index (χ4n) is 0.493. The van der Waals surface area contributed by atoms with E-state index in [1.807, 2.05) is 0 Å². The van der Waals surface area contributed by atoms with Gasteiger partial charge in [0.05, 0.1) is 11.9 Å².